The molecule has 0 heterocycles. The molecule has 0 fully saturated rings. The Hall–Kier alpha value is -1.26. The Bertz CT molecular complexity index is 349. The zero-order chi connectivity index (χ0) is 12.8. The maximum absolute atomic E-state index is 9.03. The summed E-state index contributed by atoms with van der Waals surface area (Å²) in [7, 11) is 1.61. The Morgan fingerprint density at radius 1 is 1.24 bits per heavy atom. The molecule has 96 valence electrons. The number of hydrogen-bond donors (Lipinski definition) is 3. The van der Waals surface area contributed by atoms with Gasteiger partial charge >= 0.3 is 0 Å². The van der Waals surface area contributed by atoms with Gasteiger partial charge in [0.25, 0.3) is 0 Å². The number of methoxy groups -OCH3 is 1. The maximum Gasteiger partial charge on any atom is 0.142 e. The summed E-state index contributed by atoms with van der Waals surface area (Å²) in [5.41, 5.74) is 1.97. The van der Waals surface area contributed by atoms with E-state index in [9.17, 15) is 0 Å². The second kappa shape index (κ2) is 6.47. The van der Waals surface area contributed by atoms with Crippen LogP contribution in [0.3, 0.4) is 0 Å². The van der Waals surface area contributed by atoms with E-state index < -0.39 is 0 Å². The van der Waals surface area contributed by atoms with Crippen molar-refractivity contribution in [1.82, 2.24) is 0 Å². The van der Waals surface area contributed by atoms with E-state index in [1.807, 2.05) is 18.2 Å². The van der Waals surface area contributed by atoms with Gasteiger partial charge in [0.1, 0.15) is 5.75 Å². The van der Waals surface area contributed by atoms with Gasteiger partial charge in [-0.15, -0.1) is 0 Å². The Kier molecular flexibility index (Phi) is 5.25. The molecule has 1 rings (SSSR count). The van der Waals surface area contributed by atoms with Crippen molar-refractivity contribution in [3.05, 3.63) is 23.8 Å². The van der Waals surface area contributed by atoms with Crippen molar-refractivity contribution in [3.8, 4) is 5.75 Å². The van der Waals surface area contributed by atoms with Crippen molar-refractivity contribution in [3.63, 3.8) is 0 Å². The summed E-state index contributed by atoms with van der Waals surface area (Å²) in [6, 6.07) is 5.53. The zero-order valence-corrected chi connectivity index (χ0v) is 10.6. The van der Waals surface area contributed by atoms with Crippen molar-refractivity contribution in [1.29, 1.82) is 0 Å². The minimum atomic E-state index is -0.367. The van der Waals surface area contributed by atoms with Crippen LogP contribution in [-0.4, -0.2) is 36.6 Å². The number of ether oxygens (including phenoxy) is 1. The third-order valence-electron chi connectivity index (χ3n) is 2.69. The number of benzene rings is 1. The summed E-state index contributed by atoms with van der Waals surface area (Å²) >= 11 is 0. The minimum absolute atomic E-state index is 0.119. The molecule has 3 N–H and O–H groups in total. The molecule has 0 radical (unpaired) electrons. The summed E-state index contributed by atoms with van der Waals surface area (Å²) in [5, 5.41) is 21.1. The number of anilines is 1. The van der Waals surface area contributed by atoms with Gasteiger partial charge in [-0.25, -0.2) is 0 Å². The normalized spacial score (nSPS) is 11.0. The number of hydrogen-bond acceptors (Lipinski definition) is 4. The molecule has 1 aromatic carbocycles. The molecule has 0 unspecified atom stereocenters. The molecular formula is C13H21NO3. The fourth-order valence-corrected chi connectivity index (χ4v) is 1.56. The van der Waals surface area contributed by atoms with Crippen molar-refractivity contribution < 1.29 is 14.9 Å². The van der Waals surface area contributed by atoms with Gasteiger partial charge in [-0.1, -0.05) is 19.9 Å². The van der Waals surface area contributed by atoms with E-state index in [-0.39, 0.29) is 19.3 Å². The van der Waals surface area contributed by atoms with Crippen LogP contribution in [0, 0.1) is 0 Å². The van der Waals surface area contributed by atoms with E-state index >= 15 is 0 Å². The molecule has 0 saturated heterocycles. The largest absolute Gasteiger partial charge is 0.495 e. The molecular weight excluding hydrogens is 218 g/mol. The van der Waals surface area contributed by atoms with E-state index in [4.69, 9.17) is 14.9 Å². The van der Waals surface area contributed by atoms with E-state index in [0.29, 0.717) is 5.92 Å². The SMILES string of the molecule is COc1cc(C(C)C)ccc1NC(CO)CO. The number of rotatable bonds is 6. The highest BCUT2D eigenvalue weighted by atomic mass is 16.5. The van der Waals surface area contributed by atoms with E-state index in [1.165, 1.54) is 5.56 Å². The van der Waals surface area contributed by atoms with Gasteiger partial charge in [0, 0.05) is 0 Å². The van der Waals surface area contributed by atoms with Crippen LogP contribution in [0.15, 0.2) is 18.2 Å². The lowest BCUT2D eigenvalue weighted by atomic mass is 10.0. The van der Waals surface area contributed by atoms with Crippen LogP contribution in [0.1, 0.15) is 25.3 Å². The summed E-state index contributed by atoms with van der Waals surface area (Å²) in [5.74, 6) is 1.16. The second-order valence-corrected chi connectivity index (χ2v) is 4.32. The summed E-state index contributed by atoms with van der Waals surface area (Å²) in [6.45, 7) is 4.00. The summed E-state index contributed by atoms with van der Waals surface area (Å²) < 4.78 is 5.30. The first-order valence-corrected chi connectivity index (χ1v) is 5.78. The van der Waals surface area contributed by atoms with Crippen LogP contribution >= 0.6 is 0 Å². The van der Waals surface area contributed by atoms with Gasteiger partial charge in [-0.05, 0) is 23.6 Å². The van der Waals surface area contributed by atoms with Gasteiger partial charge in [0.05, 0.1) is 32.1 Å². The molecule has 0 aliphatic rings. The van der Waals surface area contributed by atoms with Crippen molar-refractivity contribution >= 4 is 5.69 Å². The number of nitrogens with one attached hydrogen (secondary N) is 1. The van der Waals surface area contributed by atoms with E-state index in [1.54, 1.807) is 7.11 Å². The molecule has 0 aliphatic carbocycles. The topological polar surface area (TPSA) is 61.7 Å². The molecule has 0 bridgehead atoms. The Balaban J connectivity index is 2.92. The molecule has 17 heavy (non-hydrogen) atoms. The molecule has 0 atom stereocenters. The molecule has 4 nitrogen and oxygen atoms in total. The van der Waals surface area contributed by atoms with Crippen LogP contribution in [0.2, 0.25) is 0 Å². The first kappa shape index (κ1) is 13.8. The standard InChI is InChI=1S/C13H21NO3/c1-9(2)10-4-5-12(13(6-10)17-3)14-11(7-15)8-16/h4-6,9,11,14-16H,7-8H2,1-3H3. The van der Waals surface area contributed by atoms with Gasteiger partial charge in [0.2, 0.25) is 0 Å². The van der Waals surface area contributed by atoms with Crippen molar-refractivity contribution in [2.24, 2.45) is 0 Å². The molecule has 0 amide bonds. The first-order valence-electron chi connectivity index (χ1n) is 5.78. The lowest BCUT2D eigenvalue weighted by molar-refractivity contribution is 0.203. The summed E-state index contributed by atoms with van der Waals surface area (Å²) in [4.78, 5) is 0. The van der Waals surface area contributed by atoms with Crippen molar-refractivity contribution in [2.75, 3.05) is 25.6 Å². The third kappa shape index (κ3) is 3.61. The van der Waals surface area contributed by atoms with Gasteiger partial charge in [-0.2, -0.15) is 0 Å². The second-order valence-electron chi connectivity index (χ2n) is 4.32. The molecule has 0 spiro atoms. The first-order chi connectivity index (χ1) is 8.12. The Morgan fingerprint density at radius 3 is 2.35 bits per heavy atom. The maximum atomic E-state index is 9.03. The lowest BCUT2D eigenvalue weighted by Gasteiger charge is -2.18. The monoisotopic (exact) mass is 239 g/mol. The smallest absolute Gasteiger partial charge is 0.142 e. The highest BCUT2D eigenvalue weighted by Gasteiger charge is 2.11. The van der Waals surface area contributed by atoms with Crippen LogP contribution in [0.5, 0.6) is 5.75 Å². The van der Waals surface area contributed by atoms with Gasteiger partial charge in [0.15, 0.2) is 0 Å². The van der Waals surface area contributed by atoms with Crippen LogP contribution in [-0.2, 0) is 0 Å². The minimum Gasteiger partial charge on any atom is -0.495 e. The highest BCUT2D eigenvalue weighted by molar-refractivity contribution is 5.58. The summed E-state index contributed by atoms with van der Waals surface area (Å²) in [6.07, 6.45) is 0. The average molecular weight is 239 g/mol. The fourth-order valence-electron chi connectivity index (χ4n) is 1.56. The van der Waals surface area contributed by atoms with Crippen molar-refractivity contribution in [2.45, 2.75) is 25.8 Å². The molecule has 0 aliphatic heterocycles. The Morgan fingerprint density at radius 2 is 1.88 bits per heavy atom. The Labute approximate surface area is 102 Å². The van der Waals surface area contributed by atoms with Gasteiger partial charge in [-0.3, -0.25) is 0 Å². The van der Waals surface area contributed by atoms with E-state index in [0.717, 1.165) is 11.4 Å². The lowest BCUT2D eigenvalue weighted by Crippen LogP contribution is -2.27. The number of aliphatic hydroxyl groups is 2. The molecule has 0 aromatic heterocycles. The third-order valence-corrected chi connectivity index (χ3v) is 2.69. The van der Waals surface area contributed by atoms with Gasteiger partial charge < -0.3 is 20.3 Å². The average Bonchev–Trinajstić information content (AvgIpc) is 2.35. The highest BCUT2D eigenvalue weighted by Crippen LogP contribution is 2.29. The predicted molar refractivity (Wildman–Crippen MR) is 68.7 cm³/mol. The van der Waals surface area contributed by atoms with E-state index in [2.05, 4.69) is 19.2 Å². The molecule has 0 saturated carbocycles. The zero-order valence-electron chi connectivity index (χ0n) is 10.6. The molecule has 4 heteroatoms. The predicted octanol–water partition coefficient (Wildman–Crippen LogP) is 1.58. The molecule has 1 aromatic rings. The van der Waals surface area contributed by atoms with Crippen LogP contribution in [0.4, 0.5) is 5.69 Å². The van der Waals surface area contributed by atoms with Crippen LogP contribution < -0.4 is 10.1 Å². The number of aliphatic hydroxyl groups excluding tert-OH is 2. The quantitative estimate of drug-likeness (QED) is 0.705. The van der Waals surface area contributed by atoms with Crippen LogP contribution in [0.25, 0.3) is 0 Å². The fraction of sp³-hybridized carbons (Fsp3) is 0.538.